The zero-order valence-electron chi connectivity index (χ0n) is 14.2. The highest BCUT2D eigenvalue weighted by Crippen LogP contribution is 2.26. The van der Waals surface area contributed by atoms with Crippen LogP contribution in [0.3, 0.4) is 0 Å². The van der Waals surface area contributed by atoms with Crippen molar-refractivity contribution in [3.8, 4) is 5.69 Å². The highest BCUT2D eigenvalue weighted by atomic mass is 15.1. The van der Waals surface area contributed by atoms with Gasteiger partial charge in [-0.25, -0.2) is 4.98 Å². The first kappa shape index (κ1) is 14.6. The normalized spacial score (nSPS) is 11.1. The maximum Gasteiger partial charge on any atom is 0.242 e. The predicted molar refractivity (Wildman–Crippen MR) is 99.8 cm³/mol. The van der Waals surface area contributed by atoms with E-state index in [-0.39, 0.29) is 0 Å². The molecule has 0 aliphatic carbocycles. The number of aryl methyl sites for hydroxylation is 1. The van der Waals surface area contributed by atoms with Gasteiger partial charge in [-0.3, -0.25) is 0 Å². The molecule has 3 aromatic carbocycles. The largest absolute Gasteiger partial charge is 0.377 e. The second-order valence-corrected chi connectivity index (χ2v) is 6.24. The van der Waals surface area contributed by atoms with Gasteiger partial charge in [-0.15, -0.1) is 4.57 Å². The van der Waals surface area contributed by atoms with Crippen LogP contribution in [0.25, 0.3) is 27.8 Å². The molecule has 1 aromatic heterocycles. The number of anilines is 1. The van der Waals surface area contributed by atoms with E-state index in [1.54, 1.807) is 0 Å². The monoisotopic (exact) mass is 314 g/mol. The molecule has 0 fully saturated rings. The second kappa shape index (κ2) is 5.60. The fraction of sp³-hybridized carbons (Fsp3) is 0.143. The molecule has 0 spiro atoms. The summed E-state index contributed by atoms with van der Waals surface area (Å²) < 4.78 is 2.32. The van der Waals surface area contributed by atoms with E-state index >= 15 is 0 Å². The molecule has 0 atom stereocenters. The average Bonchev–Trinajstić information content (AvgIpc) is 2.60. The number of nitrogens with zero attached hydrogens (tertiary/aromatic N) is 3. The van der Waals surface area contributed by atoms with Gasteiger partial charge >= 0.3 is 0 Å². The van der Waals surface area contributed by atoms with Crippen LogP contribution >= 0.6 is 0 Å². The van der Waals surface area contributed by atoms with E-state index in [4.69, 9.17) is 4.98 Å². The summed E-state index contributed by atoms with van der Waals surface area (Å²) in [4.78, 5) is 7.04. The fourth-order valence-electron chi connectivity index (χ4n) is 3.38. The SMILES string of the molecule is Cc1c(N(C)C)ccc2nc3ccccc3[n+](-c3ccccc3)c12. The lowest BCUT2D eigenvalue weighted by Crippen LogP contribution is -2.34. The Kier molecular flexibility index (Phi) is 3.42. The van der Waals surface area contributed by atoms with Crippen molar-refractivity contribution in [2.45, 2.75) is 6.92 Å². The van der Waals surface area contributed by atoms with Gasteiger partial charge in [0.2, 0.25) is 16.7 Å². The van der Waals surface area contributed by atoms with Crippen LogP contribution in [0.15, 0.2) is 66.7 Å². The van der Waals surface area contributed by atoms with Gasteiger partial charge < -0.3 is 4.90 Å². The summed E-state index contributed by atoms with van der Waals surface area (Å²) in [6.07, 6.45) is 0. The second-order valence-electron chi connectivity index (χ2n) is 6.24. The first-order chi connectivity index (χ1) is 11.7. The number of hydrogen-bond acceptors (Lipinski definition) is 2. The molecule has 4 rings (SSSR count). The maximum atomic E-state index is 4.89. The Labute approximate surface area is 141 Å². The molecule has 0 aliphatic heterocycles. The van der Waals surface area contributed by atoms with Crippen molar-refractivity contribution >= 4 is 27.8 Å². The van der Waals surface area contributed by atoms with E-state index in [1.807, 2.05) is 12.1 Å². The molecule has 4 aromatic rings. The van der Waals surface area contributed by atoms with Crippen molar-refractivity contribution in [3.63, 3.8) is 0 Å². The van der Waals surface area contributed by atoms with Gasteiger partial charge in [0, 0.05) is 43.5 Å². The minimum absolute atomic E-state index is 1.01. The van der Waals surface area contributed by atoms with E-state index < -0.39 is 0 Å². The van der Waals surface area contributed by atoms with Crippen LogP contribution in [0.1, 0.15) is 5.56 Å². The Morgan fingerprint density at radius 3 is 2.25 bits per heavy atom. The van der Waals surface area contributed by atoms with E-state index in [2.05, 4.69) is 85.1 Å². The summed E-state index contributed by atoms with van der Waals surface area (Å²) in [6, 6.07) is 23.1. The molecule has 0 aliphatic rings. The topological polar surface area (TPSA) is 20.0 Å². The number of para-hydroxylation sites is 3. The van der Waals surface area contributed by atoms with Gasteiger partial charge in [-0.1, -0.05) is 30.3 Å². The molecule has 0 bridgehead atoms. The molecule has 0 amide bonds. The van der Waals surface area contributed by atoms with Gasteiger partial charge in [0.15, 0.2) is 0 Å². The highest BCUT2D eigenvalue weighted by Gasteiger charge is 2.22. The lowest BCUT2D eigenvalue weighted by Gasteiger charge is -2.16. The summed E-state index contributed by atoms with van der Waals surface area (Å²) in [5.41, 5.74) is 7.90. The lowest BCUT2D eigenvalue weighted by molar-refractivity contribution is -0.538. The Hall–Kier alpha value is -2.94. The van der Waals surface area contributed by atoms with Crippen LogP contribution in [0.4, 0.5) is 5.69 Å². The van der Waals surface area contributed by atoms with Crippen molar-refractivity contribution in [3.05, 3.63) is 72.3 Å². The van der Waals surface area contributed by atoms with Crippen molar-refractivity contribution in [2.75, 3.05) is 19.0 Å². The van der Waals surface area contributed by atoms with Gasteiger partial charge in [0.1, 0.15) is 11.0 Å². The molecular weight excluding hydrogens is 294 g/mol. The van der Waals surface area contributed by atoms with E-state index in [0.29, 0.717) is 0 Å². The lowest BCUT2D eigenvalue weighted by atomic mass is 10.1. The number of hydrogen-bond donors (Lipinski definition) is 0. The number of rotatable bonds is 2. The molecule has 0 radical (unpaired) electrons. The summed E-state index contributed by atoms with van der Waals surface area (Å²) in [5, 5.41) is 0. The molecule has 0 saturated heterocycles. The van der Waals surface area contributed by atoms with Crippen molar-refractivity contribution < 1.29 is 4.57 Å². The fourth-order valence-corrected chi connectivity index (χ4v) is 3.38. The Morgan fingerprint density at radius 2 is 1.50 bits per heavy atom. The average molecular weight is 314 g/mol. The third-order valence-corrected chi connectivity index (χ3v) is 4.46. The van der Waals surface area contributed by atoms with Gasteiger partial charge in [0.25, 0.3) is 0 Å². The molecule has 3 heteroatoms. The first-order valence-electron chi connectivity index (χ1n) is 8.13. The third kappa shape index (κ3) is 2.21. The van der Waals surface area contributed by atoms with Gasteiger partial charge in [-0.2, -0.15) is 0 Å². The standard InChI is InChI=1S/C21H20N3/c1-15-19(23(2)3)14-13-18-21(15)24(16-9-5-4-6-10-16)20-12-8-7-11-17(20)22-18/h4-14H,1-3H3/q+1. The molecule has 3 nitrogen and oxygen atoms in total. The van der Waals surface area contributed by atoms with E-state index in [1.165, 1.54) is 11.3 Å². The number of aromatic nitrogens is 2. The molecule has 24 heavy (non-hydrogen) atoms. The van der Waals surface area contributed by atoms with Crippen molar-refractivity contribution in [1.82, 2.24) is 4.98 Å². The minimum atomic E-state index is 1.01. The van der Waals surface area contributed by atoms with Gasteiger partial charge in [-0.05, 0) is 25.1 Å². The van der Waals surface area contributed by atoms with Crippen LogP contribution in [0.5, 0.6) is 0 Å². The zero-order valence-corrected chi connectivity index (χ0v) is 14.2. The van der Waals surface area contributed by atoms with Crippen LogP contribution in [-0.2, 0) is 0 Å². The molecule has 1 heterocycles. The molecule has 118 valence electrons. The Bertz CT molecular complexity index is 1040. The number of benzene rings is 3. The number of fused-ring (bicyclic) bond motifs is 2. The van der Waals surface area contributed by atoms with Crippen molar-refractivity contribution in [2.24, 2.45) is 0 Å². The highest BCUT2D eigenvalue weighted by molar-refractivity contribution is 5.87. The van der Waals surface area contributed by atoms with Crippen LogP contribution < -0.4 is 9.47 Å². The van der Waals surface area contributed by atoms with Crippen LogP contribution in [-0.4, -0.2) is 19.1 Å². The van der Waals surface area contributed by atoms with Gasteiger partial charge in [0.05, 0.1) is 0 Å². The third-order valence-electron chi connectivity index (χ3n) is 4.46. The Morgan fingerprint density at radius 1 is 0.792 bits per heavy atom. The summed E-state index contributed by atoms with van der Waals surface area (Å²) in [5.74, 6) is 0. The predicted octanol–water partition coefficient (Wildman–Crippen LogP) is 4.04. The minimum Gasteiger partial charge on any atom is -0.377 e. The summed E-state index contributed by atoms with van der Waals surface area (Å²) >= 11 is 0. The molecular formula is C21H20N3+. The smallest absolute Gasteiger partial charge is 0.242 e. The molecule has 0 saturated carbocycles. The quantitative estimate of drug-likeness (QED) is 0.411. The zero-order chi connectivity index (χ0) is 16.7. The summed E-state index contributed by atoms with van der Waals surface area (Å²) in [6.45, 7) is 2.17. The van der Waals surface area contributed by atoms with Crippen LogP contribution in [0.2, 0.25) is 0 Å². The van der Waals surface area contributed by atoms with Crippen LogP contribution in [0, 0.1) is 6.92 Å². The first-order valence-corrected chi connectivity index (χ1v) is 8.13. The Balaban J connectivity index is 2.23. The van der Waals surface area contributed by atoms with E-state index in [0.717, 1.165) is 27.8 Å². The molecule has 0 N–H and O–H groups in total. The van der Waals surface area contributed by atoms with E-state index in [9.17, 15) is 0 Å². The summed E-state index contributed by atoms with van der Waals surface area (Å²) in [7, 11) is 4.16. The maximum absolute atomic E-state index is 4.89. The molecule has 0 unspecified atom stereocenters. The van der Waals surface area contributed by atoms with Crippen molar-refractivity contribution in [1.29, 1.82) is 0 Å².